The van der Waals surface area contributed by atoms with Crippen molar-refractivity contribution in [3.8, 4) is 0 Å². The van der Waals surface area contributed by atoms with Crippen LogP contribution in [0.5, 0.6) is 0 Å². The van der Waals surface area contributed by atoms with Gasteiger partial charge >= 0.3 is 30.5 Å². The van der Waals surface area contributed by atoms with E-state index in [-0.39, 0.29) is 13.0 Å². The number of nitrogens with zero attached hydrogens (tertiary/aromatic N) is 1. The van der Waals surface area contributed by atoms with Crippen molar-refractivity contribution >= 4 is 30.5 Å². The van der Waals surface area contributed by atoms with Crippen LogP contribution >= 0.6 is 0 Å². The lowest BCUT2D eigenvalue weighted by atomic mass is 9.83. The van der Waals surface area contributed by atoms with Gasteiger partial charge in [-0.3, -0.25) is 0 Å². The highest BCUT2D eigenvalue weighted by molar-refractivity contribution is 5.70. The van der Waals surface area contributed by atoms with Crippen LogP contribution in [0.2, 0.25) is 0 Å². The Hall–Kier alpha value is -4.05. The third kappa shape index (κ3) is 19.5. The normalized spacial score (nSPS) is 32.2. The maximum absolute atomic E-state index is 13.6. The van der Waals surface area contributed by atoms with E-state index in [2.05, 4.69) is 26.6 Å². The number of hydrogen-bond donors (Lipinski definition) is 10. The second-order valence-corrected chi connectivity index (χ2v) is 23.0. The number of aliphatic hydroxyl groups excluding tert-OH is 5. The summed E-state index contributed by atoms with van der Waals surface area (Å²) in [6.45, 7) is 23.7. The van der Waals surface area contributed by atoms with Crippen molar-refractivity contribution in [1.29, 1.82) is 0 Å². The molecular weight excluding hydrogens is 929 g/mol. The lowest BCUT2D eigenvalue weighted by Gasteiger charge is -2.50. The third-order valence-electron chi connectivity index (χ3n) is 10.1. The maximum atomic E-state index is 13.6. The van der Waals surface area contributed by atoms with E-state index in [4.69, 9.17) is 42.6 Å². The molecule has 0 bridgehead atoms. The second kappa shape index (κ2) is 23.7. The molecule has 25 nitrogen and oxygen atoms in total. The van der Waals surface area contributed by atoms with Crippen molar-refractivity contribution in [3.63, 3.8) is 0 Å². The summed E-state index contributed by atoms with van der Waals surface area (Å²) in [5.74, 6) is 0. The number of carbonyl (C=O) groups is 5. The number of amides is 5. The summed E-state index contributed by atoms with van der Waals surface area (Å²) in [4.78, 5) is 67.8. The Morgan fingerprint density at radius 1 is 0.471 bits per heavy atom. The molecule has 2 saturated heterocycles. The van der Waals surface area contributed by atoms with Gasteiger partial charge in [-0.25, -0.2) is 24.0 Å². The smallest absolute Gasteiger partial charge is 0.408 e. The Balaban J connectivity index is 2.20. The zero-order chi connectivity index (χ0) is 53.6. The fraction of sp³-hybridized carbons (Fsp3) is 0.889. The topological polar surface area (TPSA) is 333 Å². The van der Waals surface area contributed by atoms with E-state index >= 15 is 0 Å². The molecule has 3 aliphatic rings. The summed E-state index contributed by atoms with van der Waals surface area (Å²) < 4.78 is 52.5. The van der Waals surface area contributed by atoms with Gasteiger partial charge in [0.25, 0.3) is 0 Å². The summed E-state index contributed by atoms with van der Waals surface area (Å²) >= 11 is 0. The van der Waals surface area contributed by atoms with Crippen LogP contribution < -0.4 is 26.6 Å². The van der Waals surface area contributed by atoms with E-state index in [9.17, 15) is 49.5 Å². The number of ether oxygens (including phenoxy) is 9. The van der Waals surface area contributed by atoms with Crippen molar-refractivity contribution in [2.45, 2.75) is 230 Å². The zero-order valence-electron chi connectivity index (χ0n) is 43.7. The van der Waals surface area contributed by atoms with Gasteiger partial charge in [0.2, 0.25) is 0 Å². The van der Waals surface area contributed by atoms with Gasteiger partial charge in [0.05, 0.1) is 18.1 Å². The molecule has 5 amide bonds. The van der Waals surface area contributed by atoms with Crippen LogP contribution in [0, 0.1) is 0 Å². The van der Waals surface area contributed by atoms with Crippen LogP contribution in [0.25, 0.3) is 0 Å². The molecule has 0 radical (unpaired) electrons. The standard InChI is InChI=1S/C45H82N6O19/c1-41(2,3)66-36(57)46-19-23-28(53)29(54)26(50-40(61)70-45(13,14)15)34(62-23)64-32-21(47-37(58)67-42(4,5)6)18-22(48-38(59)68-43(7,8)9)33(31(32)56)65-35-30(55)25(49-39(60)69-44(10,11)12)27(52)24(63-35)20-51(16)17/h21-35,52-56H,18-20H2,1-17H3,(H,46,57)(H,47,58)(H,48,59)(H,49,60)(H,50,61). The molecule has 0 aromatic heterocycles. The van der Waals surface area contributed by atoms with Gasteiger partial charge in [0.15, 0.2) is 12.6 Å². The van der Waals surface area contributed by atoms with Crippen molar-refractivity contribution in [1.82, 2.24) is 31.5 Å². The van der Waals surface area contributed by atoms with Crippen molar-refractivity contribution in [2.24, 2.45) is 0 Å². The number of aliphatic hydroxyl groups is 5. The molecule has 3 rings (SSSR count). The molecule has 1 saturated carbocycles. The predicted octanol–water partition coefficient (Wildman–Crippen LogP) is 1.07. The highest BCUT2D eigenvalue weighted by atomic mass is 16.7. The fourth-order valence-electron chi connectivity index (χ4n) is 7.55. The molecule has 2 heterocycles. The SMILES string of the molecule is CN(C)CC1OC(OC2C(NC(=O)OC(C)(C)C)CC(NC(=O)OC(C)(C)C)C(OC3OC(CNC(=O)OC(C)(C)C)C(O)C(O)C3NC(=O)OC(C)(C)C)C2O)C(O)C(NC(=O)OC(C)(C)C)C1O. The van der Waals surface area contributed by atoms with Gasteiger partial charge in [0.1, 0.15) is 89.0 Å². The summed E-state index contributed by atoms with van der Waals surface area (Å²) in [6.07, 6.45) is -24.0. The molecule has 3 fully saturated rings. The zero-order valence-corrected chi connectivity index (χ0v) is 43.7. The summed E-state index contributed by atoms with van der Waals surface area (Å²) in [7, 11) is 3.37. The van der Waals surface area contributed by atoms with Crippen LogP contribution in [-0.2, 0) is 42.6 Å². The molecule has 0 aromatic rings. The molecule has 1 aliphatic carbocycles. The van der Waals surface area contributed by atoms with Gasteiger partial charge < -0.3 is 99.6 Å². The Kier molecular flexibility index (Phi) is 20.4. The number of carbonyl (C=O) groups excluding carboxylic acids is 5. The minimum absolute atomic E-state index is 0.0316. The van der Waals surface area contributed by atoms with E-state index in [0.717, 1.165) is 0 Å². The van der Waals surface area contributed by atoms with Crippen LogP contribution in [0.4, 0.5) is 24.0 Å². The average molecular weight is 1010 g/mol. The first-order valence-corrected chi connectivity index (χ1v) is 23.3. The fourth-order valence-corrected chi connectivity index (χ4v) is 7.55. The van der Waals surface area contributed by atoms with Crippen LogP contribution in [-0.4, -0.2) is 208 Å². The highest BCUT2D eigenvalue weighted by Crippen LogP contribution is 2.34. The molecular formula is C45H82N6O19. The Bertz CT molecular complexity index is 1760. The van der Waals surface area contributed by atoms with E-state index in [1.807, 2.05) is 0 Å². The lowest BCUT2D eigenvalue weighted by Crippen LogP contribution is -2.71. The highest BCUT2D eigenvalue weighted by Gasteiger charge is 2.55. The second-order valence-electron chi connectivity index (χ2n) is 23.0. The first-order chi connectivity index (χ1) is 31.7. The molecule has 2 aliphatic heterocycles. The molecule has 0 aromatic carbocycles. The predicted molar refractivity (Wildman–Crippen MR) is 247 cm³/mol. The number of alkyl carbamates (subject to hydrolysis) is 5. The minimum atomic E-state index is -2.01. The summed E-state index contributed by atoms with van der Waals surface area (Å²) in [5, 5.41) is 71.6. The van der Waals surface area contributed by atoms with Crippen LogP contribution in [0.15, 0.2) is 0 Å². The van der Waals surface area contributed by atoms with Gasteiger partial charge in [-0.1, -0.05) is 0 Å². The third-order valence-corrected chi connectivity index (χ3v) is 10.1. The quantitative estimate of drug-likeness (QED) is 0.122. The molecule has 15 unspecified atom stereocenters. The van der Waals surface area contributed by atoms with Gasteiger partial charge in [-0.2, -0.15) is 0 Å². The number of likely N-dealkylation sites (N-methyl/N-ethyl adjacent to an activating group) is 1. The van der Waals surface area contributed by atoms with Gasteiger partial charge in [0, 0.05) is 13.1 Å². The molecule has 0 spiro atoms. The van der Waals surface area contributed by atoms with E-state index in [1.54, 1.807) is 123 Å². The van der Waals surface area contributed by atoms with Crippen LogP contribution in [0.3, 0.4) is 0 Å². The van der Waals surface area contributed by atoms with Gasteiger partial charge in [-0.05, 0) is 124 Å². The Morgan fingerprint density at radius 3 is 1.26 bits per heavy atom. The Labute approximate surface area is 410 Å². The number of rotatable bonds is 12. The monoisotopic (exact) mass is 1010 g/mol. The van der Waals surface area contributed by atoms with Crippen LogP contribution in [0.1, 0.15) is 110 Å². The molecule has 25 heteroatoms. The van der Waals surface area contributed by atoms with Crippen molar-refractivity contribution in [2.75, 3.05) is 27.2 Å². The molecule has 15 atom stereocenters. The number of hydrogen-bond acceptors (Lipinski definition) is 20. The number of nitrogens with one attached hydrogen (secondary N) is 5. The average Bonchev–Trinajstić information content (AvgIpc) is 3.13. The van der Waals surface area contributed by atoms with E-state index in [0.29, 0.717) is 0 Å². The minimum Gasteiger partial charge on any atom is -0.444 e. The first kappa shape index (κ1) is 60.3. The van der Waals surface area contributed by atoms with Crippen molar-refractivity contribution in [3.05, 3.63) is 0 Å². The first-order valence-electron chi connectivity index (χ1n) is 23.3. The summed E-state index contributed by atoms with van der Waals surface area (Å²) in [5.41, 5.74) is -4.99. The largest absolute Gasteiger partial charge is 0.444 e. The Morgan fingerprint density at radius 2 is 0.843 bits per heavy atom. The maximum Gasteiger partial charge on any atom is 0.408 e. The summed E-state index contributed by atoms with van der Waals surface area (Å²) in [6, 6.07) is -5.86. The molecule has 10 N–H and O–H groups in total. The van der Waals surface area contributed by atoms with Crippen molar-refractivity contribution < 1.29 is 92.1 Å². The lowest BCUT2D eigenvalue weighted by molar-refractivity contribution is -0.321. The molecule has 406 valence electrons. The van der Waals surface area contributed by atoms with Gasteiger partial charge in [-0.15, -0.1) is 0 Å². The van der Waals surface area contributed by atoms with E-state index < -0.39 is 157 Å². The van der Waals surface area contributed by atoms with E-state index in [1.165, 1.54) is 0 Å². The molecule has 70 heavy (non-hydrogen) atoms.